The van der Waals surface area contributed by atoms with E-state index in [-0.39, 0.29) is 37.6 Å². The molecule has 1 aromatic carbocycles. The Hall–Kier alpha value is -1.85. The van der Waals surface area contributed by atoms with Gasteiger partial charge in [0.05, 0.1) is 0 Å². The van der Waals surface area contributed by atoms with E-state index in [1.807, 2.05) is 0 Å². The monoisotopic (exact) mass is 435 g/mol. The highest BCUT2D eigenvalue weighted by atomic mass is 32.2. The third-order valence-electron chi connectivity index (χ3n) is 5.08. The van der Waals surface area contributed by atoms with Crippen molar-refractivity contribution in [3.8, 4) is 5.75 Å². The Morgan fingerprint density at radius 2 is 1.34 bits per heavy atom. The third kappa shape index (κ3) is 5.61. The highest BCUT2D eigenvalue weighted by molar-refractivity contribution is 7.86. The quantitative estimate of drug-likeness (QED) is 0.729. The Kier molecular flexibility index (Phi) is 6.69. The first-order valence-corrected chi connectivity index (χ1v) is 11.0. The minimum Gasteiger partial charge on any atom is -0.406 e. The SMILES string of the molecule is O=C(c1ccc(OC(F)(F)F)cc1)N1CCN(S(=O)(=O)N2CCCCCC2)CC1. The summed E-state index contributed by atoms with van der Waals surface area (Å²) in [6.45, 7) is 1.89. The molecular weight excluding hydrogens is 411 g/mol. The summed E-state index contributed by atoms with van der Waals surface area (Å²) in [7, 11) is -3.54. The normalized spacial score (nSPS) is 20.3. The van der Waals surface area contributed by atoms with E-state index in [0.717, 1.165) is 37.8 Å². The fourth-order valence-corrected chi connectivity index (χ4v) is 5.21. The first kappa shape index (κ1) is 21.8. The molecule has 0 atom stereocenters. The zero-order valence-corrected chi connectivity index (χ0v) is 16.7. The second-order valence-electron chi connectivity index (χ2n) is 7.08. The molecule has 0 aromatic heterocycles. The van der Waals surface area contributed by atoms with Gasteiger partial charge in [0.25, 0.3) is 16.1 Å². The lowest BCUT2D eigenvalue weighted by Crippen LogP contribution is -2.54. The Morgan fingerprint density at radius 1 is 0.828 bits per heavy atom. The molecule has 2 fully saturated rings. The van der Waals surface area contributed by atoms with E-state index in [9.17, 15) is 26.4 Å². The van der Waals surface area contributed by atoms with E-state index in [1.54, 1.807) is 0 Å². The molecular formula is C18H24F3N3O4S. The molecule has 2 aliphatic heterocycles. The van der Waals surface area contributed by atoms with Crippen molar-refractivity contribution in [3.05, 3.63) is 29.8 Å². The number of piperazine rings is 1. The van der Waals surface area contributed by atoms with Crippen LogP contribution in [-0.4, -0.2) is 73.5 Å². The van der Waals surface area contributed by atoms with E-state index in [4.69, 9.17) is 0 Å². The van der Waals surface area contributed by atoms with E-state index < -0.39 is 22.3 Å². The van der Waals surface area contributed by atoms with Crippen LogP contribution in [0.25, 0.3) is 0 Å². The predicted octanol–water partition coefficient (Wildman–Crippen LogP) is 2.46. The summed E-state index contributed by atoms with van der Waals surface area (Å²) in [6.07, 6.45) is -1.03. The first-order valence-electron chi connectivity index (χ1n) is 9.57. The van der Waals surface area contributed by atoms with Gasteiger partial charge in [-0.05, 0) is 37.1 Å². The number of amides is 1. The lowest BCUT2D eigenvalue weighted by molar-refractivity contribution is -0.274. The average molecular weight is 435 g/mol. The van der Waals surface area contributed by atoms with Crippen LogP contribution in [0.4, 0.5) is 13.2 Å². The number of benzene rings is 1. The number of hydrogen-bond donors (Lipinski definition) is 0. The summed E-state index contributed by atoms with van der Waals surface area (Å²) in [4.78, 5) is 14.1. The minimum atomic E-state index is -4.79. The van der Waals surface area contributed by atoms with Gasteiger partial charge in [0.15, 0.2) is 0 Å². The number of rotatable bonds is 4. The zero-order chi connectivity index (χ0) is 21.1. The predicted molar refractivity (Wildman–Crippen MR) is 99.6 cm³/mol. The number of halogens is 3. The second-order valence-corrected chi connectivity index (χ2v) is 9.01. The highest BCUT2D eigenvalue weighted by Crippen LogP contribution is 2.23. The molecule has 0 unspecified atom stereocenters. The molecule has 2 aliphatic rings. The molecule has 162 valence electrons. The van der Waals surface area contributed by atoms with E-state index >= 15 is 0 Å². The van der Waals surface area contributed by atoms with Crippen molar-refractivity contribution >= 4 is 16.1 Å². The fourth-order valence-electron chi connectivity index (χ4n) is 3.54. The summed E-state index contributed by atoms with van der Waals surface area (Å²) >= 11 is 0. The summed E-state index contributed by atoms with van der Waals surface area (Å²) in [5.41, 5.74) is 0.225. The van der Waals surface area contributed by atoms with E-state index in [0.29, 0.717) is 13.1 Å². The lowest BCUT2D eigenvalue weighted by Gasteiger charge is -2.36. The van der Waals surface area contributed by atoms with Crippen molar-refractivity contribution in [3.63, 3.8) is 0 Å². The van der Waals surface area contributed by atoms with Gasteiger partial charge in [0, 0.05) is 44.8 Å². The highest BCUT2D eigenvalue weighted by Gasteiger charge is 2.34. The molecule has 0 bridgehead atoms. The van der Waals surface area contributed by atoms with Crippen LogP contribution >= 0.6 is 0 Å². The molecule has 0 radical (unpaired) electrons. The van der Waals surface area contributed by atoms with Crippen LogP contribution in [0.5, 0.6) is 5.75 Å². The first-order chi connectivity index (χ1) is 13.7. The number of carbonyl (C=O) groups excluding carboxylic acids is 1. The van der Waals surface area contributed by atoms with Gasteiger partial charge in [-0.3, -0.25) is 4.79 Å². The van der Waals surface area contributed by atoms with Crippen LogP contribution in [0.15, 0.2) is 24.3 Å². The molecule has 0 spiro atoms. The summed E-state index contributed by atoms with van der Waals surface area (Å²) < 4.78 is 69.1. The smallest absolute Gasteiger partial charge is 0.406 e. The molecule has 3 rings (SSSR count). The van der Waals surface area contributed by atoms with Crippen molar-refractivity contribution in [2.75, 3.05) is 39.3 Å². The summed E-state index contributed by atoms with van der Waals surface area (Å²) in [5.74, 6) is -0.752. The molecule has 29 heavy (non-hydrogen) atoms. The Bertz CT molecular complexity index is 799. The van der Waals surface area contributed by atoms with Gasteiger partial charge >= 0.3 is 6.36 Å². The van der Waals surface area contributed by atoms with Gasteiger partial charge in [-0.2, -0.15) is 17.0 Å². The van der Waals surface area contributed by atoms with Crippen molar-refractivity contribution in [1.82, 2.24) is 13.5 Å². The number of nitrogens with zero attached hydrogens (tertiary/aromatic N) is 3. The van der Waals surface area contributed by atoms with Crippen LogP contribution in [-0.2, 0) is 10.2 Å². The molecule has 0 saturated carbocycles. The number of carbonyl (C=O) groups is 1. The molecule has 2 heterocycles. The van der Waals surface area contributed by atoms with Gasteiger partial charge in [0.1, 0.15) is 5.75 Å². The fraction of sp³-hybridized carbons (Fsp3) is 0.611. The maximum absolute atomic E-state index is 12.8. The second kappa shape index (κ2) is 8.88. The summed E-state index contributed by atoms with van der Waals surface area (Å²) in [6, 6.07) is 4.70. The Labute approximate surface area is 168 Å². The Balaban J connectivity index is 1.58. The van der Waals surface area contributed by atoms with Gasteiger partial charge in [-0.25, -0.2) is 0 Å². The van der Waals surface area contributed by atoms with Gasteiger partial charge in [0.2, 0.25) is 0 Å². The molecule has 1 amide bonds. The van der Waals surface area contributed by atoms with Gasteiger partial charge in [-0.15, -0.1) is 13.2 Å². The van der Waals surface area contributed by atoms with Crippen LogP contribution in [0.1, 0.15) is 36.0 Å². The number of alkyl halides is 3. The minimum absolute atomic E-state index is 0.194. The average Bonchev–Trinajstić information content (AvgIpc) is 2.97. The molecule has 11 heteroatoms. The maximum Gasteiger partial charge on any atom is 0.573 e. The number of ether oxygens (including phenoxy) is 1. The van der Waals surface area contributed by atoms with Crippen LogP contribution in [0.2, 0.25) is 0 Å². The molecule has 0 N–H and O–H groups in total. The topological polar surface area (TPSA) is 70.2 Å². The van der Waals surface area contributed by atoms with Crippen molar-refractivity contribution < 1.29 is 31.1 Å². The van der Waals surface area contributed by atoms with Crippen LogP contribution < -0.4 is 4.74 Å². The third-order valence-corrected chi connectivity index (χ3v) is 7.11. The molecule has 2 saturated heterocycles. The Morgan fingerprint density at radius 3 is 1.86 bits per heavy atom. The van der Waals surface area contributed by atoms with Crippen LogP contribution in [0, 0.1) is 0 Å². The lowest BCUT2D eigenvalue weighted by atomic mass is 10.2. The zero-order valence-electron chi connectivity index (χ0n) is 15.9. The van der Waals surface area contributed by atoms with E-state index in [1.165, 1.54) is 25.6 Å². The van der Waals surface area contributed by atoms with Gasteiger partial charge < -0.3 is 9.64 Å². The maximum atomic E-state index is 12.8. The molecule has 7 nitrogen and oxygen atoms in total. The largest absolute Gasteiger partial charge is 0.573 e. The van der Waals surface area contributed by atoms with Crippen molar-refractivity contribution in [1.29, 1.82) is 0 Å². The molecule has 1 aromatic rings. The van der Waals surface area contributed by atoms with Crippen LogP contribution in [0.3, 0.4) is 0 Å². The van der Waals surface area contributed by atoms with Gasteiger partial charge in [-0.1, -0.05) is 12.8 Å². The van der Waals surface area contributed by atoms with Crippen molar-refractivity contribution in [2.45, 2.75) is 32.0 Å². The summed E-state index contributed by atoms with van der Waals surface area (Å²) in [5, 5.41) is 0. The number of hydrogen-bond acceptors (Lipinski definition) is 4. The standard InChI is InChI=1S/C18H24F3N3O4S/c19-18(20,21)28-16-7-5-15(6-8-16)17(25)22-11-13-24(14-12-22)29(26,27)23-9-3-1-2-4-10-23/h5-8H,1-4,9-14H2. The molecule has 0 aliphatic carbocycles. The van der Waals surface area contributed by atoms with E-state index in [2.05, 4.69) is 4.74 Å². The van der Waals surface area contributed by atoms with Crippen molar-refractivity contribution in [2.24, 2.45) is 0 Å².